The molecular weight excluding hydrogens is 382 g/mol. The summed E-state index contributed by atoms with van der Waals surface area (Å²) in [5.41, 5.74) is 1.37. The van der Waals surface area contributed by atoms with Crippen LogP contribution < -0.4 is 24.4 Å². The van der Waals surface area contributed by atoms with Gasteiger partial charge in [-0.1, -0.05) is 12.1 Å². The quantitative estimate of drug-likeness (QED) is 0.641. The summed E-state index contributed by atoms with van der Waals surface area (Å²) >= 11 is 0. The lowest BCUT2D eigenvalue weighted by molar-refractivity contribution is -0.118. The lowest BCUT2D eigenvalue weighted by Gasteiger charge is -2.17. The smallest absolute Gasteiger partial charge is 0.262 e. The Morgan fingerprint density at radius 1 is 1.00 bits per heavy atom. The minimum Gasteiger partial charge on any atom is -0.493 e. The molecule has 1 amide bonds. The number of carbonyl (C=O) groups excluding carboxylic acids is 1. The van der Waals surface area contributed by atoms with Crippen LogP contribution in [0, 0.1) is 0 Å². The van der Waals surface area contributed by atoms with Gasteiger partial charge in [-0.15, -0.1) is 0 Å². The van der Waals surface area contributed by atoms with Crippen molar-refractivity contribution in [3.63, 3.8) is 0 Å². The number of hydrogen-bond acceptors (Lipinski definition) is 6. The van der Waals surface area contributed by atoms with Crippen molar-refractivity contribution in [2.45, 2.75) is 12.8 Å². The highest BCUT2D eigenvalue weighted by Crippen LogP contribution is 2.30. The third-order valence-electron chi connectivity index (χ3n) is 5.12. The number of fused-ring (bicyclic) bond motifs is 1. The Labute approximate surface area is 175 Å². The van der Waals surface area contributed by atoms with E-state index in [1.54, 1.807) is 32.4 Å². The van der Waals surface area contributed by atoms with Crippen LogP contribution in [0.25, 0.3) is 10.9 Å². The first-order chi connectivity index (χ1) is 14.7. The number of hydrogen-bond donors (Lipinski definition) is 1. The number of nitrogens with one attached hydrogen (secondary N) is 1. The van der Waals surface area contributed by atoms with E-state index in [0.717, 1.165) is 29.8 Å². The monoisotopic (exact) mass is 407 g/mol. The first-order valence-electron chi connectivity index (χ1n) is 9.97. The summed E-state index contributed by atoms with van der Waals surface area (Å²) in [5, 5.41) is 3.80. The number of pyridine rings is 1. The zero-order chi connectivity index (χ0) is 20.9. The molecule has 0 atom stereocenters. The number of anilines is 2. The number of ether oxygens (including phenoxy) is 3. The van der Waals surface area contributed by atoms with Gasteiger partial charge in [0, 0.05) is 30.2 Å². The van der Waals surface area contributed by atoms with Gasteiger partial charge in [-0.05, 0) is 43.2 Å². The number of methoxy groups -OCH3 is 2. The molecule has 2 heterocycles. The van der Waals surface area contributed by atoms with Crippen LogP contribution in [0.4, 0.5) is 11.5 Å². The number of benzene rings is 2. The highest BCUT2D eigenvalue weighted by Gasteiger charge is 2.15. The fraction of sp³-hybridized carbons (Fsp3) is 0.304. The van der Waals surface area contributed by atoms with E-state index in [1.807, 2.05) is 30.3 Å². The average Bonchev–Trinajstić information content (AvgIpc) is 3.32. The highest BCUT2D eigenvalue weighted by molar-refractivity contribution is 5.93. The Morgan fingerprint density at radius 3 is 2.57 bits per heavy atom. The molecule has 4 rings (SSSR count). The molecule has 0 unspecified atom stereocenters. The van der Waals surface area contributed by atoms with Gasteiger partial charge < -0.3 is 24.4 Å². The zero-order valence-electron chi connectivity index (χ0n) is 17.2. The first kappa shape index (κ1) is 19.8. The van der Waals surface area contributed by atoms with E-state index in [4.69, 9.17) is 19.2 Å². The summed E-state index contributed by atoms with van der Waals surface area (Å²) in [6.07, 6.45) is 2.38. The van der Waals surface area contributed by atoms with Crippen LogP contribution in [0.3, 0.4) is 0 Å². The van der Waals surface area contributed by atoms with Gasteiger partial charge in [0.15, 0.2) is 18.1 Å². The van der Waals surface area contributed by atoms with Crippen LogP contribution in [0.5, 0.6) is 17.2 Å². The van der Waals surface area contributed by atoms with Crippen LogP contribution in [-0.4, -0.2) is 44.8 Å². The molecule has 1 aromatic heterocycles. The number of rotatable bonds is 7. The van der Waals surface area contributed by atoms with E-state index < -0.39 is 0 Å². The van der Waals surface area contributed by atoms with E-state index in [1.165, 1.54) is 12.8 Å². The standard InChI is InChI=1S/C23H25N3O4/c1-28-18-10-9-17(14-20(18)29-2)24-22(27)15-30-19-7-5-6-16-8-11-21(25-23(16)19)26-12-3-4-13-26/h5-11,14H,3-4,12-13,15H2,1-2H3,(H,24,27). The summed E-state index contributed by atoms with van der Waals surface area (Å²) < 4.78 is 16.3. The maximum absolute atomic E-state index is 12.4. The van der Waals surface area contributed by atoms with Gasteiger partial charge in [0.05, 0.1) is 14.2 Å². The maximum Gasteiger partial charge on any atom is 0.262 e. The van der Waals surface area contributed by atoms with Crippen molar-refractivity contribution in [3.8, 4) is 17.2 Å². The lowest BCUT2D eigenvalue weighted by atomic mass is 10.2. The predicted molar refractivity (Wildman–Crippen MR) is 117 cm³/mol. The van der Waals surface area contributed by atoms with Gasteiger partial charge in [-0.25, -0.2) is 4.98 Å². The topological polar surface area (TPSA) is 72.9 Å². The van der Waals surface area contributed by atoms with Crippen LogP contribution >= 0.6 is 0 Å². The van der Waals surface area contributed by atoms with Gasteiger partial charge in [0.2, 0.25) is 0 Å². The van der Waals surface area contributed by atoms with Crippen molar-refractivity contribution >= 4 is 28.3 Å². The predicted octanol–water partition coefficient (Wildman–Crippen LogP) is 3.87. The molecule has 0 radical (unpaired) electrons. The average molecular weight is 407 g/mol. The molecule has 3 aromatic rings. The van der Waals surface area contributed by atoms with E-state index in [0.29, 0.717) is 22.9 Å². The molecule has 1 fully saturated rings. The Hall–Kier alpha value is -3.48. The molecule has 0 spiro atoms. The van der Waals surface area contributed by atoms with Crippen molar-refractivity contribution in [1.29, 1.82) is 0 Å². The third-order valence-corrected chi connectivity index (χ3v) is 5.12. The van der Waals surface area contributed by atoms with Crippen LogP contribution in [-0.2, 0) is 4.79 Å². The second-order valence-corrected chi connectivity index (χ2v) is 7.10. The molecule has 7 heteroatoms. The van der Waals surface area contributed by atoms with Gasteiger partial charge in [0.1, 0.15) is 17.1 Å². The molecule has 7 nitrogen and oxygen atoms in total. The van der Waals surface area contributed by atoms with Crippen molar-refractivity contribution < 1.29 is 19.0 Å². The molecule has 0 bridgehead atoms. The third kappa shape index (κ3) is 4.25. The lowest BCUT2D eigenvalue weighted by Crippen LogP contribution is -2.20. The molecule has 0 saturated carbocycles. The number of nitrogens with zero attached hydrogens (tertiary/aromatic N) is 2. The maximum atomic E-state index is 12.4. The summed E-state index contributed by atoms with van der Waals surface area (Å²) in [6.45, 7) is 1.92. The first-order valence-corrected chi connectivity index (χ1v) is 9.97. The van der Waals surface area contributed by atoms with Crippen molar-refractivity contribution in [1.82, 2.24) is 4.98 Å². The van der Waals surface area contributed by atoms with Gasteiger partial charge in [0.25, 0.3) is 5.91 Å². The molecular formula is C23H25N3O4. The molecule has 1 saturated heterocycles. The SMILES string of the molecule is COc1ccc(NC(=O)COc2cccc3ccc(N4CCCC4)nc23)cc1OC. The van der Waals surface area contributed by atoms with Crippen molar-refractivity contribution in [2.75, 3.05) is 44.1 Å². The minimum absolute atomic E-state index is 0.122. The van der Waals surface area contributed by atoms with Gasteiger partial charge in [-0.2, -0.15) is 0 Å². The Morgan fingerprint density at radius 2 is 1.80 bits per heavy atom. The van der Waals surface area contributed by atoms with Crippen molar-refractivity contribution in [3.05, 3.63) is 48.5 Å². The number of carbonyl (C=O) groups is 1. The van der Waals surface area contributed by atoms with Crippen molar-refractivity contribution in [2.24, 2.45) is 0 Å². The molecule has 1 aliphatic rings. The Kier molecular flexibility index (Phi) is 5.88. The molecule has 30 heavy (non-hydrogen) atoms. The molecule has 1 aliphatic heterocycles. The van der Waals surface area contributed by atoms with E-state index in [2.05, 4.69) is 10.2 Å². The van der Waals surface area contributed by atoms with E-state index in [9.17, 15) is 4.79 Å². The Bertz CT molecular complexity index is 1050. The fourth-order valence-corrected chi connectivity index (χ4v) is 3.60. The largest absolute Gasteiger partial charge is 0.493 e. The Balaban J connectivity index is 1.46. The summed E-state index contributed by atoms with van der Waals surface area (Å²) in [7, 11) is 3.12. The van der Waals surface area contributed by atoms with Crippen LogP contribution in [0.2, 0.25) is 0 Å². The molecule has 1 N–H and O–H groups in total. The normalized spacial score (nSPS) is 13.3. The molecule has 2 aromatic carbocycles. The van der Waals surface area contributed by atoms with Crippen LogP contribution in [0.15, 0.2) is 48.5 Å². The van der Waals surface area contributed by atoms with Gasteiger partial charge in [-0.3, -0.25) is 4.79 Å². The van der Waals surface area contributed by atoms with Gasteiger partial charge >= 0.3 is 0 Å². The number of aromatic nitrogens is 1. The summed E-state index contributed by atoms with van der Waals surface area (Å²) in [6, 6.07) is 15.0. The molecule has 0 aliphatic carbocycles. The minimum atomic E-state index is -0.269. The zero-order valence-corrected chi connectivity index (χ0v) is 17.2. The second kappa shape index (κ2) is 8.90. The molecule has 156 valence electrons. The number of para-hydroxylation sites is 1. The van der Waals surface area contributed by atoms with Crippen LogP contribution in [0.1, 0.15) is 12.8 Å². The summed E-state index contributed by atoms with van der Waals surface area (Å²) in [5.74, 6) is 2.42. The fourth-order valence-electron chi connectivity index (χ4n) is 3.60. The van der Waals surface area contributed by atoms with E-state index in [-0.39, 0.29) is 12.5 Å². The van der Waals surface area contributed by atoms with E-state index >= 15 is 0 Å². The highest BCUT2D eigenvalue weighted by atomic mass is 16.5. The second-order valence-electron chi connectivity index (χ2n) is 7.10. The number of amides is 1. The summed E-state index contributed by atoms with van der Waals surface area (Å²) in [4.78, 5) is 19.5.